The fourth-order valence-corrected chi connectivity index (χ4v) is 2.67. The lowest BCUT2D eigenvalue weighted by atomic mass is 10.1. The van der Waals surface area contributed by atoms with Crippen molar-refractivity contribution in [2.24, 2.45) is 0 Å². The highest BCUT2D eigenvalue weighted by Crippen LogP contribution is 2.26. The van der Waals surface area contributed by atoms with Crippen molar-refractivity contribution >= 4 is 17.5 Å². The predicted molar refractivity (Wildman–Crippen MR) is 104 cm³/mol. The van der Waals surface area contributed by atoms with Crippen LogP contribution in [-0.4, -0.2) is 22.8 Å². The van der Waals surface area contributed by atoms with Gasteiger partial charge in [0.2, 0.25) is 5.91 Å². The summed E-state index contributed by atoms with van der Waals surface area (Å²) >= 11 is 5.92. The number of hydrogen-bond acceptors (Lipinski definition) is 4. The van der Waals surface area contributed by atoms with E-state index in [2.05, 4.69) is 10.4 Å². The number of aromatic nitrogens is 2. The van der Waals surface area contributed by atoms with Crippen molar-refractivity contribution in [1.29, 1.82) is 0 Å². The van der Waals surface area contributed by atoms with E-state index in [1.807, 2.05) is 30.3 Å². The second kappa shape index (κ2) is 8.51. The van der Waals surface area contributed by atoms with Crippen LogP contribution in [-0.2, 0) is 17.9 Å². The van der Waals surface area contributed by atoms with Crippen LogP contribution in [0.1, 0.15) is 5.56 Å². The summed E-state index contributed by atoms with van der Waals surface area (Å²) < 4.78 is 6.38. The monoisotopic (exact) mass is 383 g/mol. The van der Waals surface area contributed by atoms with Crippen molar-refractivity contribution in [3.05, 3.63) is 81.6 Å². The summed E-state index contributed by atoms with van der Waals surface area (Å²) in [6.07, 6.45) is 0. The minimum atomic E-state index is -0.417. The van der Waals surface area contributed by atoms with Crippen molar-refractivity contribution < 1.29 is 9.53 Å². The number of amides is 1. The van der Waals surface area contributed by atoms with E-state index in [1.54, 1.807) is 24.3 Å². The lowest BCUT2D eigenvalue weighted by Gasteiger charge is -2.11. The zero-order valence-corrected chi connectivity index (χ0v) is 15.4. The van der Waals surface area contributed by atoms with E-state index in [1.165, 1.54) is 13.2 Å². The number of halogens is 1. The van der Waals surface area contributed by atoms with Crippen molar-refractivity contribution in [3.63, 3.8) is 0 Å². The third-order valence-electron chi connectivity index (χ3n) is 3.93. The molecule has 2 aromatic carbocycles. The Balaban J connectivity index is 1.80. The van der Waals surface area contributed by atoms with E-state index in [4.69, 9.17) is 16.3 Å². The van der Waals surface area contributed by atoms with Crippen molar-refractivity contribution in [2.75, 3.05) is 7.11 Å². The number of methoxy groups -OCH3 is 1. The lowest BCUT2D eigenvalue weighted by molar-refractivity contribution is -0.122. The van der Waals surface area contributed by atoms with Crippen LogP contribution in [0.4, 0.5) is 0 Å². The van der Waals surface area contributed by atoms with Gasteiger partial charge in [0, 0.05) is 23.2 Å². The number of hydrogen-bond donors (Lipinski definition) is 1. The van der Waals surface area contributed by atoms with Crippen LogP contribution in [0, 0.1) is 0 Å². The van der Waals surface area contributed by atoms with Crippen LogP contribution >= 0.6 is 11.6 Å². The predicted octanol–water partition coefficient (Wildman–Crippen LogP) is 2.89. The van der Waals surface area contributed by atoms with Crippen LogP contribution in [0.2, 0.25) is 5.02 Å². The van der Waals surface area contributed by atoms with Gasteiger partial charge in [-0.1, -0.05) is 54.1 Å². The molecule has 1 heterocycles. The Bertz CT molecular complexity index is 986. The van der Waals surface area contributed by atoms with Crippen molar-refractivity contribution in [2.45, 2.75) is 13.1 Å². The Kier molecular flexibility index (Phi) is 5.88. The summed E-state index contributed by atoms with van der Waals surface area (Å²) in [4.78, 5) is 24.5. The molecule has 3 aromatic rings. The molecule has 1 amide bonds. The summed E-state index contributed by atoms with van der Waals surface area (Å²) in [6, 6.07) is 17.8. The standard InChI is InChI=1S/C20H18ClN3O3/c1-27-17-11-19(26)24(23-20(17)15-7-9-16(21)10-8-15)13-18(25)22-12-14-5-3-2-4-6-14/h2-11H,12-13H2,1H3,(H,22,25). The molecule has 0 bridgehead atoms. The van der Waals surface area contributed by atoms with E-state index in [0.29, 0.717) is 23.0 Å². The molecule has 27 heavy (non-hydrogen) atoms. The van der Waals surface area contributed by atoms with Gasteiger partial charge in [0.15, 0.2) is 5.75 Å². The van der Waals surface area contributed by atoms with Crippen LogP contribution in [0.15, 0.2) is 65.5 Å². The Morgan fingerprint density at radius 3 is 2.52 bits per heavy atom. The molecule has 0 saturated carbocycles. The lowest BCUT2D eigenvalue weighted by Crippen LogP contribution is -2.33. The number of ether oxygens (including phenoxy) is 1. The Morgan fingerprint density at radius 2 is 1.85 bits per heavy atom. The van der Waals surface area contributed by atoms with Gasteiger partial charge in [-0.15, -0.1) is 0 Å². The topological polar surface area (TPSA) is 73.2 Å². The first kappa shape index (κ1) is 18.7. The maximum atomic E-state index is 12.3. The van der Waals surface area contributed by atoms with Gasteiger partial charge in [-0.2, -0.15) is 5.10 Å². The molecule has 0 unspecified atom stereocenters. The van der Waals surface area contributed by atoms with Gasteiger partial charge >= 0.3 is 0 Å². The first-order valence-electron chi connectivity index (χ1n) is 8.29. The molecule has 0 spiro atoms. The quantitative estimate of drug-likeness (QED) is 0.710. The van der Waals surface area contributed by atoms with Gasteiger partial charge in [0.25, 0.3) is 5.56 Å². The summed E-state index contributed by atoms with van der Waals surface area (Å²) in [7, 11) is 1.47. The largest absolute Gasteiger partial charge is 0.494 e. The molecular formula is C20H18ClN3O3. The van der Waals surface area contributed by atoms with Crippen molar-refractivity contribution in [1.82, 2.24) is 15.1 Å². The zero-order chi connectivity index (χ0) is 19.2. The van der Waals surface area contributed by atoms with E-state index >= 15 is 0 Å². The molecule has 7 heteroatoms. The molecule has 0 saturated heterocycles. The second-order valence-electron chi connectivity index (χ2n) is 5.83. The fourth-order valence-electron chi connectivity index (χ4n) is 2.54. The Labute approximate surface area is 161 Å². The zero-order valence-electron chi connectivity index (χ0n) is 14.7. The molecule has 138 valence electrons. The molecule has 3 rings (SSSR count). The molecule has 0 aliphatic heterocycles. The van der Waals surface area contributed by atoms with Crippen LogP contribution in [0.25, 0.3) is 11.3 Å². The summed E-state index contributed by atoms with van der Waals surface area (Å²) in [5.41, 5.74) is 1.75. The highest BCUT2D eigenvalue weighted by atomic mass is 35.5. The van der Waals surface area contributed by atoms with Crippen LogP contribution < -0.4 is 15.6 Å². The molecule has 0 atom stereocenters. The minimum Gasteiger partial charge on any atom is -0.494 e. The van der Waals surface area contributed by atoms with Crippen LogP contribution in [0.5, 0.6) is 5.75 Å². The second-order valence-corrected chi connectivity index (χ2v) is 6.26. The number of carbonyl (C=O) groups is 1. The van der Waals surface area contributed by atoms with Gasteiger partial charge in [-0.05, 0) is 17.7 Å². The van der Waals surface area contributed by atoms with E-state index in [9.17, 15) is 9.59 Å². The maximum absolute atomic E-state index is 12.3. The summed E-state index contributed by atoms with van der Waals surface area (Å²) in [6.45, 7) is 0.199. The Hall–Kier alpha value is -3.12. The SMILES string of the molecule is COc1cc(=O)n(CC(=O)NCc2ccccc2)nc1-c1ccc(Cl)cc1. The van der Waals surface area contributed by atoms with E-state index in [-0.39, 0.29) is 12.5 Å². The fraction of sp³-hybridized carbons (Fsp3) is 0.150. The van der Waals surface area contributed by atoms with Gasteiger partial charge in [0.05, 0.1) is 7.11 Å². The van der Waals surface area contributed by atoms with Gasteiger partial charge in [0.1, 0.15) is 12.2 Å². The summed E-state index contributed by atoms with van der Waals surface area (Å²) in [5.74, 6) is 0.0314. The van der Waals surface area contributed by atoms with E-state index < -0.39 is 5.56 Å². The van der Waals surface area contributed by atoms with Gasteiger partial charge < -0.3 is 10.1 Å². The first-order chi connectivity index (χ1) is 13.1. The molecular weight excluding hydrogens is 366 g/mol. The number of nitrogens with zero attached hydrogens (tertiary/aromatic N) is 2. The molecule has 1 aromatic heterocycles. The average molecular weight is 384 g/mol. The number of benzene rings is 2. The molecule has 0 aliphatic rings. The Morgan fingerprint density at radius 1 is 1.15 bits per heavy atom. The number of nitrogens with one attached hydrogen (secondary N) is 1. The summed E-state index contributed by atoms with van der Waals surface area (Å²) in [5, 5.41) is 7.68. The van der Waals surface area contributed by atoms with Crippen LogP contribution in [0.3, 0.4) is 0 Å². The third-order valence-corrected chi connectivity index (χ3v) is 4.18. The molecule has 6 nitrogen and oxygen atoms in total. The normalized spacial score (nSPS) is 10.4. The van der Waals surface area contributed by atoms with Gasteiger partial charge in [-0.3, -0.25) is 9.59 Å². The first-order valence-corrected chi connectivity index (χ1v) is 8.67. The van der Waals surface area contributed by atoms with E-state index in [0.717, 1.165) is 15.8 Å². The van der Waals surface area contributed by atoms with Gasteiger partial charge in [-0.25, -0.2) is 4.68 Å². The molecule has 1 N–H and O–H groups in total. The highest BCUT2D eigenvalue weighted by Gasteiger charge is 2.14. The smallest absolute Gasteiger partial charge is 0.270 e. The average Bonchev–Trinajstić information content (AvgIpc) is 2.69. The number of rotatable bonds is 6. The third kappa shape index (κ3) is 4.74. The highest BCUT2D eigenvalue weighted by molar-refractivity contribution is 6.30. The minimum absolute atomic E-state index is 0.184. The molecule has 0 radical (unpaired) electrons. The maximum Gasteiger partial charge on any atom is 0.270 e. The van der Waals surface area contributed by atoms with Crippen molar-refractivity contribution in [3.8, 4) is 17.0 Å². The molecule has 0 aliphatic carbocycles. The number of carbonyl (C=O) groups excluding carboxylic acids is 1. The molecule has 0 fully saturated rings.